The molecule has 0 unspecified atom stereocenters. The van der Waals surface area contributed by atoms with Gasteiger partial charge in [-0.2, -0.15) is 0 Å². The number of fused-ring (bicyclic) bond motifs is 1. The van der Waals surface area contributed by atoms with Crippen LogP contribution in [0.5, 0.6) is 0 Å². The van der Waals surface area contributed by atoms with Crippen molar-refractivity contribution in [2.75, 3.05) is 13.6 Å². The number of rotatable bonds is 0. The molecule has 1 aromatic rings. The molecule has 2 heteroatoms. The first kappa shape index (κ1) is 14.1. The maximum atomic E-state index is 4.33. The van der Waals surface area contributed by atoms with Crippen molar-refractivity contribution in [1.29, 1.82) is 0 Å². The van der Waals surface area contributed by atoms with Crippen molar-refractivity contribution in [1.82, 2.24) is 9.88 Å². The van der Waals surface area contributed by atoms with Gasteiger partial charge in [0.25, 0.3) is 0 Å². The Morgan fingerprint density at radius 3 is 2.53 bits per heavy atom. The molecule has 0 saturated carbocycles. The number of nitrogens with zero attached hydrogens (tertiary/aromatic N) is 2. The third-order valence-corrected chi connectivity index (χ3v) is 2.16. The zero-order valence-electron chi connectivity index (χ0n) is 10.7. The first-order valence-electron chi connectivity index (χ1n) is 5.97. The highest BCUT2D eigenvalue weighted by atomic mass is 15.1. The van der Waals surface area contributed by atoms with Gasteiger partial charge in [-0.15, -0.1) is 0 Å². The van der Waals surface area contributed by atoms with E-state index < -0.39 is 0 Å². The summed E-state index contributed by atoms with van der Waals surface area (Å²) in [6.45, 7) is 10.2. The highest BCUT2D eigenvalue weighted by molar-refractivity contribution is 5.21. The molecular formula is C13H24N2. The topological polar surface area (TPSA) is 16.1 Å². The SMILES string of the molecule is CC.CC.CN1CCc2ncccc2C1. The Balaban J connectivity index is 0.000000442. The Labute approximate surface area is 94.3 Å². The lowest BCUT2D eigenvalue weighted by Crippen LogP contribution is -2.26. The van der Waals surface area contributed by atoms with E-state index in [9.17, 15) is 0 Å². The molecule has 0 saturated heterocycles. The van der Waals surface area contributed by atoms with E-state index >= 15 is 0 Å². The average molecular weight is 208 g/mol. The Hall–Kier alpha value is -0.890. The zero-order valence-corrected chi connectivity index (χ0v) is 10.7. The Bertz CT molecular complexity index is 258. The summed E-state index contributed by atoms with van der Waals surface area (Å²) in [6, 6.07) is 4.18. The van der Waals surface area contributed by atoms with Gasteiger partial charge in [0.05, 0.1) is 0 Å². The summed E-state index contributed by atoms with van der Waals surface area (Å²) in [5, 5.41) is 0. The molecule has 0 atom stereocenters. The first-order valence-corrected chi connectivity index (χ1v) is 5.97. The minimum Gasteiger partial charge on any atom is -0.302 e. The zero-order chi connectivity index (χ0) is 11.7. The summed E-state index contributed by atoms with van der Waals surface area (Å²) in [7, 11) is 2.15. The van der Waals surface area contributed by atoms with Crippen LogP contribution in [-0.4, -0.2) is 23.5 Å². The van der Waals surface area contributed by atoms with Gasteiger partial charge in [-0.3, -0.25) is 4.98 Å². The quantitative estimate of drug-likeness (QED) is 0.651. The van der Waals surface area contributed by atoms with Crippen LogP contribution >= 0.6 is 0 Å². The first-order chi connectivity index (χ1) is 7.36. The van der Waals surface area contributed by atoms with Gasteiger partial charge < -0.3 is 4.90 Å². The molecule has 1 aliphatic heterocycles. The van der Waals surface area contributed by atoms with Crippen LogP contribution in [0.1, 0.15) is 39.0 Å². The summed E-state index contributed by atoms with van der Waals surface area (Å²) >= 11 is 0. The third-order valence-electron chi connectivity index (χ3n) is 2.16. The van der Waals surface area contributed by atoms with Crippen molar-refractivity contribution in [3.05, 3.63) is 29.6 Å². The van der Waals surface area contributed by atoms with Crippen LogP contribution in [0, 0.1) is 0 Å². The molecule has 2 heterocycles. The molecule has 0 aliphatic carbocycles. The van der Waals surface area contributed by atoms with E-state index in [1.165, 1.54) is 11.3 Å². The summed E-state index contributed by atoms with van der Waals surface area (Å²) in [6.07, 6.45) is 2.98. The van der Waals surface area contributed by atoms with Gasteiger partial charge in [-0.05, 0) is 18.7 Å². The van der Waals surface area contributed by atoms with Gasteiger partial charge >= 0.3 is 0 Å². The molecule has 0 fully saturated rings. The molecule has 2 nitrogen and oxygen atoms in total. The minimum atomic E-state index is 1.06. The fourth-order valence-electron chi connectivity index (χ4n) is 1.51. The molecule has 0 spiro atoms. The van der Waals surface area contributed by atoms with Crippen LogP contribution in [0.25, 0.3) is 0 Å². The van der Waals surface area contributed by atoms with Crippen LogP contribution < -0.4 is 0 Å². The summed E-state index contributed by atoms with van der Waals surface area (Å²) < 4.78 is 0. The van der Waals surface area contributed by atoms with Crippen molar-refractivity contribution in [2.24, 2.45) is 0 Å². The standard InChI is InChI=1S/C9H12N2.2C2H6/c1-11-6-4-9-8(7-11)3-2-5-10-9;2*1-2/h2-3,5H,4,6-7H2,1H3;2*1-2H3. The highest BCUT2D eigenvalue weighted by Crippen LogP contribution is 2.13. The predicted molar refractivity (Wildman–Crippen MR) is 67.0 cm³/mol. The van der Waals surface area contributed by atoms with Crippen LogP contribution in [-0.2, 0) is 13.0 Å². The maximum Gasteiger partial charge on any atom is 0.0461 e. The predicted octanol–water partition coefficient (Wildman–Crippen LogP) is 3.12. The monoisotopic (exact) mass is 208 g/mol. The molecule has 15 heavy (non-hydrogen) atoms. The highest BCUT2D eigenvalue weighted by Gasteiger charge is 2.12. The normalized spacial score (nSPS) is 13.9. The van der Waals surface area contributed by atoms with E-state index in [0.717, 1.165) is 19.5 Å². The smallest absolute Gasteiger partial charge is 0.0461 e. The van der Waals surface area contributed by atoms with Crippen LogP contribution in [0.15, 0.2) is 18.3 Å². The van der Waals surface area contributed by atoms with Gasteiger partial charge in [0, 0.05) is 31.4 Å². The molecule has 0 N–H and O–H groups in total. The molecule has 0 radical (unpaired) electrons. The lowest BCUT2D eigenvalue weighted by atomic mass is 10.1. The molecule has 1 aliphatic rings. The molecule has 0 bridgehead atoms. The van der Waals surface area contributed by atoms with Crippen LogP contribution in [0.3, 0.4) is 0 Å². The lowest BCUT2D eigenvalue weighted by molar-refractivity contribution is 0.310. The number of pyridine rings is 1. The van der Waals surface area contributed by atoms with E-state index in [0.29, 0.717) is 0 Å². The Morgan fingerprint density at radius 2 is 1.87 bits per heavy atom. The average Bonchev–Trinajstić information content (AvgIpc) is 2.34. The molecule has 0 amide bonds. The summed E-state index contributed by atoms with van der Waals surface area (Å²) in [4.78, 5) is 6.65. The lowest BCUT2D eigenvalue weighted by Gasteiger charge is -2.23. The van der Waals surface area contributed by atoms with E-state index in [1.807, 2.05) is 40.0 Å². The second-order valence-electron chi connectivity index (χ2n) is 3.10. The van der Waals surface area contributed by atoms with Crippen molar-refractivity contribution in [3.63, 3.8) is 0 Å². The number of hydrogen-bond donors (Lipinski definition) is 0. The second kappa shape index (κ2) is 8.42. The largest absolute Gasteiger partial charge is 0.302 e. The number of hydrogen-bond acceptors (Lipinski definition) is 2. The fourth-order valence-corrected chi connectivity index (χ4v) is 1.51. The van der Waals surface area contributed by atoms with Gasteiger partial charge in [-0.25, -0.2) is 0 Å². The van der Waals surface area contributed by atoms with Crippen molar-refractivity contribution >= 4 is 0 Å². The summed E-state index contributed by atoms with van der Waals surface area (Å²) in [5.41, 5.74) is 2.67. The van der Waals surface area contributed by atoms with Crippen molar-refractivity contribution < 1.29 is 0 Å². The molecule has 0 aromatic carbocycles. The molecule has 2 rings (SSSR count). The molecular weight excluding hydrogens is 184 g/mol. The van der Waals surface area contributed by atoms with E-state index in [4.69, 9.17) is 0 Å². The van der Waals surface area contributed by atoms with E-state index in [2.05, 4.69) is 23.0 Å². The summed E-state index contributed by atoms with van der Waals surface area (Å²) in [5.74, 6) is 0. The fraction of sp³-hybridized carbons (Fsp3) is 0.615. The Morgan fingerprint density at radius 1 is 1.20 bits per heavy atom. The van der Waals surface area contributed by atoms with Crippen molar-refractivity contribution in [2.45, 2.75) is 40.7 Å². The Kier molecular flexibility index (Phi) is 7.92. The van der Waals surface area contributed by atoms with Gasteiger partial charge in [0.2, 0.25) is 0 Å². The maximum absolute atomic E-state index is 4.33. The minimum absolute atomic E-state index is 1.06. The van der Waals surface area contributed by atoms with E-state index in [-0.39, 0.29) is 0 Å². The second-order valence-corrected chi connectivity index (χ2v) is 3.10. The van der Waals surface area contributed by atoms with Crippen molar-refractivity contribution in [3.8, 4) is 0 Å². The third kappa shape index (κ3) is 4.43. The van der Waals surface area contributed by atoms with Crippen LogP contribution in [0.4, 0.5) is 0 Å². The van der Waals surface area contributed by atoms with Crippen LogP contribution in [0.2, 0.25) is 0 Å². The molecule has 86 valence electrons. The van der Waals surface area contributed by atoms with Gasteiger partial charge in [0.15, 0.2) is 0 Å². The number of likely N-dealkylation sites (N-methyl/N-ethyl adjacent to an activating group) is 1. The molecule has 1 aromatic heterocycles. The van der Waals surface area contributed by atoms with Gasteiger partial charge in [-0.1, -0.05) is 33.8 Å². The number of aromatic nitrogens is 1. The van der Waals surface area contributed by atoms with Gasteiger partial charge in [0.1, 0.15) is 0 Å². The van der Waals surface area contributed by atoms with E-state index in [1.54, 1.807) is 0 Å².